The van der Waals surface area contributed by atoms with Gasteiger partial charge in [0.1, 0.15) is 0 Å². The molecular formula is C28H49. The highest BCUT2D eigenvalue weighted by Gasteiger charge is 2.10. The highest BCUT2D eigenvalue weighted by molar-refractivity contribution is 5.14. The van der Waals surface area contributed by atoms with E-state index in [4.69, 9.17) is 0 Å². The summed E-state index contributed by atoms with van der Waals surface area (Å²) in [7, 11) is 0. The van der Waals surface area contributed by atoms with Crippen molar-refractivity contribution in [3.63, 3.8) is 0 Å². The largest absolute Gasteiger partial charge is 0.0654 e. The number of unbranched alkanes of at least 4 members (excludes halogenated alkanes) is 14. The van der Waals surface area contributed by atoms with E-state index in [1.807, 2.05) is 0 Å². The Kier molecular flexibility index (Phi) is 17.6. The summed E-state index contributed by atoms with van der Waals surface area (Å²) in [5.74, 6) is 0.891. The Morgan fingerprint density at radius 1 is 0.571 bits per heavy atom. The number of rotatable bonds is 20. The second kappa shape index (κ2) is 19.5. The summed E-state index contributed by atoms with van der Waals surface area (Å²) >= 11 is 0. The van der Waals surface area contributed by atoms with E-state index in [1.165, 1.54) is 128 Å². The summed E-state index contributed by atoms with van der Waals surface area (Å²) in [5.41, 5.74) is 1.52. The van der Waals surface area contributed by atoms with Gasteiger partial charge in [0.25, 0.3) is 0 Å². The molecule has 0 aromatic heterocycles. The van der Waals surface area contributed by atoms with Crippen LogP contribution < -0.4 is 0 Å². The quantitative estimate of drug-likeness (QED) is 0.196. The first-order chi connectivity index (χ1) is 13.9. The third kappa shape index (κ3) is 15.2. The standard InChI is InChI=1S/C28H49/c1-3-5-7-9-11-12-14-16-19-23-27(26-28-24-20-17-21-25-28)22-18-15-13-10-8-6-4-2/h20-21,24-25,27H,3-16,18-19,22-23,26H2,1-2H3. The first-order valence-corrected chi connectivity index (χ1v) is 12.8. The zero-order valence-electron chi connectivity index (χ0n) is 19.3. The number of hydrogen-bond acceptors (Lipinski definition) is 0. The maximum absolute atomic E-state index is 3.17. The second-order valence-electron chi connectivity index (χ2n) is 9.01. The van der Waals surface area contributed by atoms with Gasteiger partial charge in [-0.1, -0.05) is 154 Å². The van der Waals surface area contributed by atoms with Crippen molar-refractivity contribution in [2.24, 2.45) is 5.92 Å². The SMILES string of the molecule is CCCCCCCCCCCC(CCCCCCCCC)Cc1cc[c]cc1. The molecule has 0 bridgehead atoms. The van der Waals surface area contributed by atoms with E-state index in [9.17, 15) is 0 Å². The average molecular weight is 386 g/mol. The van der Waals surface area contributed by atoms with Gasteiger partial charge < -0.3 is 0 Å². The average Bonchev–Trinajstić information content (AvgIpc) is 2.72. The Morgan fingerprint density at radius 2 is 0.964 bits per heavy atom. The Bertz CT molecular complexity index is 407. The lowest BCUT2D eigenvalue weighted by Gasteiger charge is -2.17. The molecule has 0 heterocycles. The van der Waals surface area contributed by atoms with Gasteiger partial charge in [-0.3, -0.25) is 0 Å². The second-order valence-corrected chi connectivity index (χ2v) is 9.01. The van der Waals surface area contributed by atoms with Gasteiger partial charge >= 0.3 is 0 Å². The highest BCUT2D eigenvalue weighted by Crippen LogP contribution is 2.23. The molecule has 28 heavy (non-hydrogen) atoms. The molecule has 0 aliphatic rings. The van der Waals surface area contributed by atoms with Crippen molar-refractivity contribution in [1.29, 1.82) is 0 Å². The smallest absolute Gasteiger partial charge is 0.0184 e. The fourth-order valence-corrected chi connectivity index (χ4v) is 4.37. The first kappa shape index (κ1) is 25.3. The molecule has 1 aromatic carbocycles. The van der Waals surface area contributed by atoms with Crippen molar-refractivity contribution < 1.29 is 0 Å². The van der Waals surface area contributed by atoms with Crippen LogP contribution in [0.2, 0.25) is 0 Å². The summed E-state index contributed by atoms with van der Waals surface area (Å²) in [6.45, 7) is 4.61. The van der Waals surface area contributed by atoms with Gasteiger partial charge in [0.05, 0.1) is 0 Å². The van der Waals surface area contributed by atoms with Crippen molar-refractivity contribution in [3.8, 4) is 0 Å². The molecule has 0 fully saturated rings. The first-order valence-electron chi connectivity index (χ1n) is 12.8. The molecular weight excluding hydrogens is 336 g/mol. The van der Waals surface area contributed by atoms with Gasteiger partial charge in [-0.15, -0.1) is 0 Å². The summed E-state index contributed by atoms with van der Waals surface area (Å²) < 4.78 is 0. The Labute approximate surface area is 177 Å². The molecule has 0 amide bonds. The normalized spacial score (nSPS) is 12.4. The van der Waals surface area contributed by atoms with Crippen molar-refractivity contribution in [1.82, 2.24) is 0 Å². The van der Waals surface area contributed by atoms with Crippen molar-refractivity contribution in [2.75, 3.05) is 0 Å². The van der Waals surface area contributed by atoms with E-state index in [0.29, 0.717) is 0 Å². The molecule has 1 radical (unpaired) electrons. The van der Waals surface area contributed by atoms with Gasteiger partial charge in [0.2, 0.25) is 0 Å². The molecule has 0 aliphatic carbocycles. The minimum absolute atomic E-state index is 0.891. The zero-order chi connectivity index (χ0) is 20.1. The predicted molar refractivity (Wildman–Crippen MR) is 127 cm³/mol. The molecule has 0 aliphatic heterocycles. The van der Waals surface area contributed by atoms with E-state index in [0.717, 1.165) is 5.92 Å². The third-order valence-electron chi connectivity index (χ3n) is 6.24. The molecule has 0 nitrogen and oxygen atoms in total. The van der Waals surface area contributed by atoms with Crippen molar-refractivity contribution in [2.45, 2.75) is 136 Å². The van der Waals surface area contributed by atoms with Crippen molar-refractivity contribution in [3.05, 3.63) is 35.9 Å². The van der Waals surface area contributed by atoms with Crippen LogP contribution >= 0.6 is 0 Å². The minimum Gasteiger partial charge on any atom is -0.0654 e. The third-order valence-corrected chi connectivity index (χ3v) is 6.24. The van der Waals surface area contributed by atoms with Crippen molar-refractivity contribution >= 4 is 0 Å². The van der Waals surface area contributed by atoms with Crippen LogP contribution in [0, 0.1) is 12.0 Å². The fourth-order valence-electron chi connectivity index (χ4n) is 4.37. The molecule has 0 saturated carbocycles. The minimum atomic E-state index is 0.891. The monoisotopic (exact) mass is 385 g/mol. The van der Waals surface area contributed by atoms with Crippen LogP contribution in [-0.2, 0) is 6.42 Å². The van der Waals surface area contributed by atoms with Crippen LogP contribution in [0.15, 0.2) is 24.3 Å². The summed E-state index contributed by atoms with van der Waals surface area (Å²) in [6, 6.07) is 11.9. The molecule has 0 heteroatoms. The highest BCUT2D eigenvalue weighted by atomic mass is 14.2. The Hall–Kier alpha value is -0.780. The lowest BCUT2D eigenvalue weighted by Crippen LogP contribution is -2.05. The van der Waals surface area contributed by atoms with E-state index < -0.39 is 0 Å². The number of benzene rings is 1. The lowest BCUT2D eigenvalue weighted by molar-refractivity contribution is 0.400. The predicted octanol–water partition coefficient (Wildman–Crippen LogP) is 9.71. The Morgan fingerprint density at radius 3 is 1.39 bits per heavy atom. The molecule has 0 saturated heterocycles. The summed E-state index contributed by atoms with van der Waals surface area (Å²) in [4.78, 5) is 0. The summed E-state index contributed by atoms with van der Waals surface area (Å²) in [5, 5.41) is 0. The van der Waals surface area contributed by atoms with Crippen LogP contribution in [0.1, 0.15) is 135 Å². The summed E-state index contributed by atoms with van der Waals surface area (Å²) in [6.07, 6.45) is 27.1. The number of hydrogen-bond donors (Lipinski definition) is 0. The van der Waals surface area contributed by atoms with Crippen LogP contribution in [0.25, 0.3) is 0 Å². The maximum Gasteiger partial charge on any atom is -0.0184 e. The topological polar surface area (TPSA) is 0 Å². The van der Waals surface area contributed by atoms with E-state index in [-0.39, 0.29) is 0 Å². The molecule has 1 unspecified atom stereocenters. The van der Waals surface area contributed by atoms with E-state index >= 15 is 0 Å². The molecule has 0 N–H and O–H groups in total. The van der Waals surface area contributed by atoms with Gasteiger partial charge in [-0.05, 0) is 24.0 Å². The van der Waals surface area contributed by atoms with Gasteiger partial charge in [-0.2, -0.15) is 0 Å². The van der Waals surface area contributed by atoms with Gasteiger partial charge in [-0.25, -0.2) is 0 Å². The van der Waals surface area contributed by atoms with Crippen LogP contribution in [0.5, 0.6) is 0 Å². The van der Waals surface area contributed by atoms with Crippen LogP contribution in [-0.4, -0.2) is 0 Å². The van der Waals surface area contributed by atoms with Crippen LogP contribution in [0.4, 0.5) is 0 Å². The molecule has 1 rings (SSSR count). The lowest BCUT2D eigenvalue weighted by atomic mass is 9.88. The maximum atomic E-state index is 3.17. The van der Waals surface area contributed by atoms with Crippen LogP contribution in [0.3, 0.4) is 0 Å². The fraction of sp³-hybridized carbons (Fsp3) is 0.786. The van der Waals surface area contributed by atoms with Gasteiger partial charge in [0, 0.05) is 0 Å². The van der Waals surface area contributed by atoms with E-state index in [2.05, 4.69) is 44.2 Å². The zero-order valence-corrected chi connectivity index (χ0v) is 19.3. The van der Waals surface area contributed by atoms with E-state index in [1.54, 1.807) is 0 Å². The van der Waals surface area contributed by atoms with Gasteiger partial charge in [0.15, 0.2) is 0 Å². The molecule has 1 aromatic rings. The Balaban J connectivity index is 2.16. The molecule has 0 spiro atoms. The molecule has 161 valence electrons. The molecule has 1 atom stereocenters.